The Morgan fingerprint density at radius 3 is 2.52 bits per heavy atom. The van der Waals surface area contributed by atoms with Crippen LogP contribution in [0.25, 0.3) is 0 Å². The number of anilines is 2. The molecule has 0 spiro atoms. The van der Waals surface area contributed by atoms with E-state index in [1.807, 2.05) is 30.3 Å². The lowest BCUT2D eigenvalue weighted by Crippen LogP contribution is -2.29. The highest BCUT2D eigenvalue weighted by atomic mass is 32.2. The van der Waals surface area contributed by atoms with Crippen LogP contribution in [0.15, 0.2) is 63.7 Å². The second-order valence-corrected chi connectivity index (χ2v) is 10.0. The van der Waals surface area contributed by atoms with Crippen molar-refractivity contribution in [3.8, 4) is 0 Å². The maximum atomic E-state index is 12.8. The predicted molar refractivity (Wildman–Crippen MR) is 119 cm³/mol. The van der Waals surface area contributed by atoms with Gasteiger partial charge in [0.25, 0.3) is 5.56 Å². The Bertz CT molecular complexity index is 1250. The van der Waals surface area contributed by atoms with E-state index in [4.69, 9.17) is 0 Å². The number of amides is 1. The summed E-state index contributed by atoms with van der Waals surface area (Å²) in [5.41, 5.74) is 0.952. The molecule has 0 unspecified atom stereocenters. The first-order chi connectivity index (χ1) is 14.9. The van der Waals surface area contributed by atoms with Crippen LogP contribution in [0.3, 0.4) is 0 Å². The lowest BCUT2D eigenvalue weighted by Gasteiger charge is -2.17. The van der Waals surface area contributed by atoms with Gasteiger partial charge in [-0.15, -0.1) is 11.3 Å². The van der Waals surface area contributed by atoms with Crippen molar-refractivity contribution in [2.75, 3.05) is 18.0 Å². The molecular formula is C21H22N4O4S2. The van der Waals surface area contributed by atoms with E-state index in [0.29, 0.717) is 29.6 Å². The summed E-state index contributed by atoms with van der Waals surface area (Å²) in [5.74, 6) is -0.178. The molecule has 10 heteroatoms. The molecule has 3 aromatic rings. The number of nitrogens with zero attached hydrogens (tertiary/aromatic N) is 4. The fourth-order valence-electron chi connectivity index (χ4n) is 3.51. The van der Waals surface area contributed by atoms with Crippen molar-refractivity contribution < 1.29 is 13.2 Å². The first kappa shape index (κ1) is 21.4. The minimum Gasteiger partial charge on any atom is -0.308 e. The van der Waals surface area contributed by atoms with Gasteiger partial charge >= 0.3 is 0 Å². The molecule has 2 aromatic heterocycles. The van der Waals surface area contributed by atoms with E-state index in [9.17, 15) is 18.0 Å². The summed E-state index contributed by atoms with van der Waals surface area (Å²) in [6.07, 6.45) is 3.05. The number of carbonyl (C=O) groups excluding carboxylic acids is 1. The lowest BCUT2D eigenvalue weighted by molar-refractivity contribution is -0.115. The van der Waals surface area contributed by atoms with E-state index in [1.54, 1.807) is 5.38 Å². The van der Waals surface area contributed by atoms with Crippen LogP contribution in [-0.2, 0) is 21.4 Å². The summed E-state index contributed by atoms with van der Waals surface area (Å²) >= 11 is 1.29. The number of para-hydroxylation sites is 1. The smallest absolute Gasteiger partial charge is 0.250 e. The topological polar surface area (TPSA) is 92.6 Å². The van der Waals surface area contributed by atoms with Gasteiger partial charge < -0.3 is 4.57 Å². The first-order valence-corrected chi connectivity index (χ1v) is 12.2. The Labute approximate surface area is 184 Å². The van der Waals surface area contributed by atoms with Gasteiger partial charge in [0.2, 0.25) is 15.9 Å². The van der Waals surface area contributed by atoms with Crippen LogP contribution in [0.1, 0.15) is 25.5 Å². The Balaban J connectivity index is 1.61. The molecule has 1 aliphatic rings. The van der Waals surface area contributed by atoms with Crippen molar-refractivity contribution in [3.05, 3.63) is 70.1 Å². The standard InChI is InChI=1S/C21H22N4O4S2/c1-16(26)25(18-7-3-2-4-8-18)21-22-17(15-30-21)13-23-14-19(9-10-20(23)27)31(28,29)24-11-5-6-12-24/h2-4,7-10,14-15H,5-6,11-13H2,1H3. The van der Waals surface area contributed by atoms with Crippen molar-refractivity contribution in [3.63, 3.8) is 0 Å². The van der Waals surface area contributed by atoms with Gasteiger partial charge in [0.05, 0.1) is 22.8 Å². The molecule has 3 heterocycles. The largest absolute Gasteiger partial charge is 0.308 e. The molecule has 1 saturated heterocycles. The molecule has 0 bridgehead atoms. The van der Waals surface area contributed by atoms with E-state index in [1.165, 1.54) is 50.4 Å². The number of benzene rings is 1. The minimum absolute atomic E-state index is 0.0964. The van der Waals surface area contributed by atoms with Gasteiger partial charge in [0.1, 0.15) is 0 Å². The Kier molecular flexibility index (Phi) is 6.03. The normalized spacial score (nSPS) is 14.6. The summed E-state index contributed by atoms with van der Waals surface area (Å²) in [7, 11) is -3.62. The van der Waals surface area contributed by atoms with Crippen LogP contribution in [0, 0.1) is 0 Å². The average Bonchev–Trinajstić information content (AvgIpc) is 3.43. The second-order valence-electron chi connectivity index (χ2n) is 7.25. The van der Waals surface area contributed by atoms with E-state index in [0.717, 1.165) is 12.8 Å². The van der Waals surface area contributed by atoms with Gasteiger partial charge in [-0.25, -0.2) is 13.4 Å². The molecule has 0 atom stereocenters. The third kappa shape index (κ3) is 4.46. The van der Waals surface area contributed by atoms with Gasteiger partial charge in [0, 0.05) is 37.7 Å². The highest BCUT2D eigenvalue weighted by Gasteiger charge is 2.27. The molecule has 0 radical (unpaired) electrons. The van der Waals surface area contributed by atoms with Gasteiger partial charge in [-0.3, -0.25) is 14.5 Å². The van der Waals surface area contributed by atoms with Gasteiger partial charge in [0.15, 0.2) is 5.13 Å². The van der Waals surface area contributed by atoms with E-state index in [-0.39, 0.29) is 22.9 Å². The maximum Gasteiger partial charge on any atom is 0.250 e. The molecule has 1 amide bonds. The molecule has 1 aliphatic heterocycles. The Morgan fingerprint density at radius 1 is 1.13 bits per heavy atom. The molecule has 4 rings (SSSR count). The molecular weight excluding hydrogens is 436 g/mol. The zero-order chi connectivity index (χ0) is 22.0. The Morgan fingerprint density at radius 2 is 1.84 bits per heavy atom. The summed E-state index contributed by atoms with van der Waals surface area (Å²) in [6.45, 7) is 2.57. The maximum absolute atomic E-state index is 12.8. The lowest BCUT2D eigenvalue weighted by atomic mass is 10.3. The number of pyridine rings is 1. The van der Waals surface area contributed by atoms with Crippen molar-refractivity contribution in [2.24, 2.45) is 0 Å². The summed E-state index contributed by atoms with van der Waals surface area (Å²) < 4.78 is 28.4. The molecule has 162 valence electrons. The van der Waals surface area contributed by atoms with Crippen molar-refractivity contribution in [2.45, 2.75) is 31.2 Å². The molecule has 8 nitrogen and oxygen atoms in total. The summed E-state index contributed by atoms with van der Waals surface area (Å²) in [5, 5.41) is 2.25. The number of aromatic nitrogens is 2. The third-order valence-electron chi connectivity index (χ3n) is 5.05. The van der Waals surface area contributed by atoms with Gasteiger partial charge in [-0.2, -0.15) is 4.31 Å². The fourth-order valence-corrected chi connectivity index (χ4v) is 5.93. The number of carbonyl (C=O) groups is 1. The number of sulfonamides is 1. The number of thiazole rings is 1. The van der Waals surface area contributed by atoms with E-state index >= 15 is 0 Å². The Hall–Kier alpha value is -2.82. The molecule has 1 fully saturated rings. The van der Waals surface area contributed by atoms with Gasteiger partial charge in [-0.05, 0) is 31.0 Å². The van der Waals surface area contributed by atoms with E-state index < -0.39 is 10.0 Å². The highest BCUT2D eigenvalue weighted by Crippen LogP contribution is 2.29. The molecule has 0 saturated carbocycles. The third-order valence-corrected chi connectivity index (χ3v) is 7.81. The van der Waals surface area contributed by atoms with Crippen LogP contribution < -0.4 is 10.5 Å². The summed E-state index contributed by atoms with van der Waals surface area (Å²) in [4.78, 5) is 30.7. The van der Waals surface area contributed by atoms with E-state index in [2.05, 4.69) is 4.98 Å². The van der Waals surface area contributed by atoms with Crippen LogP contribution in [-0.4, -0.2) is 41.3 Å². The number of hydrogen-bond acceptors (Lipinski definition) is 6. The van der Waals surface area contributed by atoms with Gasteiger partial charge in [-0.1, -0.05) is 18.2 Å². The number of hydrogen-bond donors (Lipinski definition) is 0. The first-order valence-electron chi connectivity index (χ1n) is 9.87. The summed E-state index contributed by atoms with van der Waals surface area (Å²) in [6, 6.07) is 11.8. The molecule has 31 heavy (non-hydrogen) atoms. The minimum atomic E-state index is -3.62. The van der Waals surface area contributed by atoms with Crippen LogP contribution in [0.4, 0.5) is 10.8 Å². The second kappa shape index (κ2) is 8.74. The van der Waals surface area contributed by atoms with Crippen LogP contribution >= 0.6 is 11.3 Å². The van der Waals surface area contributed by atoms with Crippen molar-refractivity contribution in [1.29, 1.82) is 0 Å². The monoisotopic (exact) mass is 458 g/mol. The fraction of sp³-hybridized carbons (Fsp3) is 0.286. The predicted octanol–water partition coefficient (Wildman–Crippen LogP) is 2.82. The van der Waals surface area contributed by atoms with Crippen molar-refractivity contribution >= 4 is 38.1 Å². The van der Waals surface area contributed by atoms with Crippen molar-refractivity contribution in [1.82, 2.24) is 13.9 Å². The highest BCUT2D eigenvalue weighted by molar-refractivity contribution is 7.89. The van der Waals surface area contributed by atoms with Crippen LogP contribution in [0.2, 0.25) is 0 Å². The zero-order valence-electron chi connectivity index (χ0n) is 17.0. The quantitative estimate of drug-likeness (QED) is 0.566. The number of rotatable bonds is 6. The molecule has 0 aliphatic carbocycles. The molecule has 1 aromatic carbocycles. The zero-order valence-corrected chi connectivity index (χ0v) is 18.6. The average molecular weight is 459 g/mol. The molecule has 0 N–H and O–H groups in total. The van der Waals surface area contributed by atoms with Crippen LogP contribution in [0.5, 0.6) is 0 Å². The SMILES string of the molecule is CC(=O)N(c1ccccc1)c1nc(Cn2cc(S(=O)(=O)N3CCCC3)ccc2=O)cs1.